The van der Waals surface area contributed by atoms with Gasteiger partial charge in [-0.15, -0.1) is 0 Å². The maximum absolute atomic E-state index is 10.4. The lowest BCUT2D eigenvalue weighted by atomic mass is 9.89. The van der Waals surface area contributed by atoms with Gasteiger partial charge in [-0.25, -0.2) is 0 Å². The number of phenolic OH excluding ortho intramolecular Hbond substituents is 1. The van der Waals surface area contributed by atoms with Gasteiger partial charge in [-0.1, -0.05) is 71.8 Å². The highest BCUT2D eigenvalue weighted by atomic mass is 35.5. The fraction of sp³-hybridized carbons (Fsp3) is 0.208. The van der Waals surface area contributed by atoms with E-state index < -0.39 is 5.66 Å². The van der Waals surface area contributed by atoms with Gasteiger partial charge in [0.15, 0.2) is 0 Å². The molecule has 4 rings (SSSR count). The van der Waals surface area contributed by atoms with Gasteiger partial charge in [0.25, 0.3) is 0 Å². The third-order valence-electron chi connectivity index (χ3n) is 5.30. The van der Waals surface area contributed by atoms with Crippen molar-refractivity contribution in [1.82, 2.24) is 5.32 Å². The van der Waals surface area contributed by atoms with Crippen LogP contribution in [0.1, 0.15) is 41.6 Å². The van der Waals surface area contributed by atoms with Crippen LogP contribution in [0, 0.1) is 6.92 Å². The van der Waals surface area contributed by atoms with Crippen molar-refractivity contribution in [1.29, 1.82) is 0 Å². The van der Waals surface area contributed by atoms with E-state index in [1.165, 1.54) is 5.56 Å². The molecule has 1 aliphatic heterocycles. The van der Waals surface area contributed by atoms with Crippen molar-refractivity contribution in [3.05, 3.63) is 100 Å². The van der Waals surface area contributed by atoms with Gasteiger partial charge in [0, 0.05) is 28.8 Å². The van der Waals surface area contributed by atoms with Crippen LogP contribution < -0.4 is 5.32 Å². The summed E-state index contributed by atoms with van der Waals surface area (Å²) in [5, 5.41) is 14.8. The second kappa shape index (κ2) is 7.42. The van der Waals surface area contributed by atoms with Gasteiger partial charge in [-0.2, -0.15) is 0 Å². The minimum absolute atomic E-state index is 0.0704. The third-order valence-corrected chi connectivity index (χ3v) is 5.53. The van der Waals surface area contributed by atoms with Crippen molar-refractivity contribution < 1.29 is 5.11 Å². The Morgan fingerprint density at radius 1 is 1.04 bits per heavy atom. The quantitative estimate of drug-likeness (QED) is 0.598. The minimum Gasteiger partial charge on any atom is -0.508 e. The average Bonchev–Trinajstić information content (AvgIpc) is 2.68. The highest BCUT2D eigenvalue weighted by Gasteiger charge is 2.35. The zero-order valence-corrected chi connectivity index (χ0v) is 16.7. The molecule has 3 nitrogen and oxygen atoms in total. The summed E-state index contributed by atoms with van der Waals surface area (Å²) < 4.78 is 0. The Morgan fingerprint density at radius 3 is 2.50 bits per heavy atom. The van der Waals surface area contributed by atoms with Gasteiger partial charge in [0.2, 0.25) is 0 Å². The molecule has 2 atom stereocenters. The van der Waals surface area contributed by atoms with E-state index in [0.717, 1.165) is 22.4 Å². The molecule has 28 heavy (non-hydrogen) atoms. The summed E-state index contributed by atoms with van der Waals surface area (Å²) in [6.45, 7) is 4.13. The number of benzene rings is 3. The lowest BCUT2D eigenvalue weighted by Gasteiger charge is -2.38. The van der Waals surface area contributed by atoms with Crippen LogP contribution >= 0.6 is 11.6 Å². The first kappa shape index (κ1) is 18.7. The molecule has 0 fully saturated rings. The number of rotatable bonds is 3. The summed E-state index contributed by atoms with van der Waals surface area (Å²) in [6.07, 6.45) is 0.691. The molecule has 1 aliphatic rings. The van der Waals surface area contributed by atoms with Crippen LogP contribution in [0.3, 0.4) is 0 Å². The Hall–Kier alpha value is -2.62. The Bertz CT molecular complexity index is 1030. The van der Waals surface area contributed by atoms with Crippen molar-refractivity contribution in [2.75, 3.05) is 0 Å². The van der Waals surface area contributed by atoms with E-state index in [4.69, 9.17) is 16.6 Å². The predicted octanol–water partition coefficient (Wildman–Crippen LogP) is 5.75. The number of aromatic hydroxyl groups is 1. The van der Waals surface area contributed by atoms with E-state index >= 15 is 0 Å². The second-order valence-corrected chi connectivity index (χ2v) is 7.90. The van der Waals surface area contributed by atoms with Gasteiger partial charge in [-0.05, 0) is 43.2 Å². The Labute approximate surface area is 170 Å². The maximum atomic E-state index is 10.4. The van der Waals surface area contributed by atoms with Crippen molar-refractivity contribution in [2.24, 2.45) is 4.99 Å². The Kier molecular flexibility index (Phi) is 4.96. The molecule has 0 saturated heterocycles. The van der Waals surface area contributed by atoms with Crippen LogP contribution in [-0.4, -0.2) is 10.8 Å². The van der Waals surface area contributed by atoms with E-state index in [9.17, 15) is 5.11 Å². The minimum atomic E-state index is -0.656. The normalized spacial score (nSPS) is 22.0. The van der Waals surface area contributed by atoms with E-state index in [-0.39, 0.29) is 6.04 Å². The smallest absolute Gasteiger partial charge is 0.134 e. The fourth-order valence-corrected chi connectivity index (χ4v) is 3.96. The van der Waals surface area contributed by atoms with E-state index in [0.29, 0.717) is 17.2 Å². The van der Waals surface area contributed by atoms with Crippen LogP contribution in [0.2, 0.25) is 5.02 Å². The number of aryl methyl sites for hydroxylation is 1. The highest BCUT2D eigenvalue weighted by molar-refractivity contribution is 6.30. The monoisotopic (exact) mass is 390 g/mol. The van der Waals surface area contributed by atoms with E-state index in [2.05, 4.69) is 43.4 Å². The number of nitrogens with one attached hydrogen (secondary N) is 1. The summed E-state index contributed by atoms with van der Waals surface area (Å²) in [7, 11) is 0. The molecule has 0 saturated carbocycles. The van der Waals surface area contributed by atoms with Crippen molar-refractivity contribution in [3.8, 4) is 5.75 Å². The number of aliphatic imine (C=N–C) groups is 1. The molecule has 0 aromatic heterocycles. The van der Waals surface area contributed by atoms with Crippen molar-refractivity contribution in [3.63, 3.8) is 0 Å². The molecule has 3 aromatic rings. The van der Waals surface area contributed by atoms with Gasteiger partial charge >= 0.3 is 0 Å². The summed E-state index contributed by atoms with van der Waals surface area (Å²) in [5.74, 6) is 0.290. The number of para-hydroxylation sites is 1. The van der Waals surface area contributed by atoms with Crippen molar-refractivity contribution in [2.45, 2.75) is 32.0 Å². The van der Waals surface area contributed by atoms with Crippen LogP contribution in [-0.2, 0) is 5.66 Å². The van der Waals surface area contributed by atoms with Crippen LogP contribution in [0.4, 0.5) is 0 Å². The number of nitrogens with zero attached hydrogens (tertiary/aromatic N) is 1. The largest absolute Gasteiger partial charge is 0.508 e. The number of hydrogen-bond donors (Lipinski definition) is 2. The number of halogens is 1. The summed E-state index contributed by atoms with van der Waals surface area (Å²) in [5.41, 5.74) is 4.53. The zero-order valence-electron chi connectivity index (χ0n) is 16.0. The summed E-state index contributed by atoms with van der Waals surface area (Å²) >= 11 is 6.26. The molecule has 4 heteroatoms. The predicted molar refractivity (Wildman–Crippen MR) is 115 cm³/mol. The van der Waals surface area contributed by atoms with Gasteiger partial charge in [0.05, 0.1) is 0 Å². The van der Waals surface area contributed by atoms with Gasteiger partial charge in [-0.3, -0.25) is 10.3 Å². The molecule has 142 valence electrons. The topological polar surface area (TPSA) is 44.6 Å². The fourth-order valence-electron chi connectivity index (χ4n) is 3.77. The molecule has 3 aromatic carbocycles. The first-order chi connectivity index (χ1) is 13.4. The molecule has 1 heterocycles. The molecule has 0 radical (unpaired) electrons. The Balaban J connectivity index is 1.83. The maximum Gasteiger partial charge on any atom is 0.134 e. The molecular formula is C24H23ClN2O. The number of hydrogen-bond acceptors (Lipinski definition) is 3. The Morgan fingerprint density at radius 2 is 1.79 bits per heavy atom. The molecular weight excluding hydrogens is 368 g/mol. The number of phenols is 1. The first-order valence-corrected chi connectivity index (χ1v) is 9.80. The second-order valence-electron chi connectivity index (χ2n) is 7.47. The third kappa shape index (κ3) is 3.68. The molecule has 0 aliphatic carbocycles. The highest BCUT2D eigenvalue weighted by Crippen LogP contribution is 2.37. The molecule has 2 N–H and O–H groups in total. The van der Waals surface area contributed by atoms with Crippen LogP contribution in [0.5, 0.6) is 5.75 Å². The SMILES string of the molecule is Cc1ccc(C2=N[C@@](C)(c3cccc(Cl)c3)N[C@H](c3ccccc3O)C2)cc1. The zero-order chi connectivity index (χ0) is 19.7. The summed E-state index contributed by atoms with van der Waals surface area (Å²) in [6, 6.07) is 23.6. The molecule has 0 bridgehead atoms. The van der Waals surface area contributed by atoms with E-state index in [1.807, 2.05) is 42.5 Å². The standard InChI is InChI=1S/C24H23ClN2O/c1-16-10-12-17(13-11-16)21-15-22(20-8-3-4-9-23(20)28)27-24(2,26-21)18-6-5-7-19(25)14-18/h3-14,22,27-28H,15H2,1-2H3/t22-,24+/m0/s1. The molecule has 0 unspecified atom stereocenters. The van der Waals surface area contributed by atoms with Gasteiger partial charge in [0.1, 0.15) is 11.4 Å². The van der Waals surface area contributed by atoms with Crippen LogP contribution in [0.15, 0.2) is 77.8 Å². The first-order valence-electron chi connectivity index (χ1n) is 9.42. The lowest BCUT2D eigenvalue weighted by molar-refractivity contribution is 0.309. The van der Waals surface area contributed by atoms with Crippen molar-refractivity contribution >= 4 is 17.3 Å². The average molecular weight is 391 g/mol. The molecule has 0 amide bonds. The van der Waals surface area contributed by atoms with Crippen LogP contribution in [0.25, 0.3) is 0 Å². The summed E-state index contributed by atoms with van der Waals surface area (Å²) in [4.78, 5) is 5.10. The molecule has 0 spiro atoms. The van der Waals surface area contributed by atoms with E-state index in [1.54, 1.807) is 6.07 Å². The van der Waals surface area contributed by atoms with Gasteiger partial charge < -0.3 is 5.11 Å². The lowest BCUT2D eigenvalue weighted by Crippen LogP contribution is -2.45.